The molecule has 1 aromatic carbocycles. The number of nitrogens with zero attached hydrogens (tertiary/aromatic N) is 1. The minimum atomic E-state index is -0.711. The Bertz CT molecular complexity index is 877. The number of allylic oxidation sites excluding steroid dienone is 2. The van der Waals surface area contributed by atoms with E-state index >= 15 is 0 Å². The number of aryl methyl sites for hydroxylation is 1. The third kappa shape index (κ3) is 4.33. The first-order valence-corrected chi connectivity index (χ1v) is 9.17. The van der Waals surface area contributed by atoms with Gasteiger partial charge >= 0.3 is 17.9 Å². The van der Waals surface area contributed by atoms with Crippen LogP contribution >= 0.6 is 15.9 Å². The Balaban J connectivity index is 2.68. The first-order valence-electron chi connectivity index (χ1n) is 8.37. The highest BCUT2D eigenvalue weighted by atomic mass is 79.9. The summed E-state index contributed by atoms with van der Waals surface area (Å²) in [6.07, 6.45) is 6.38. The highest BCUT2D eigenvalue weighted by molar-refractivity contribution is 9.10. The number of esters is 3. The quantitative estimate of drug-likeness (QED) is 0.502. The van der Waals surface area contributed by atoms with Crippen LogP contribution in [0.2, 0.25) is 0 Å². The normalized spacial score (nSPS) is 13.2. The zero-order valence-electron chi connectivity index (χ0n) is 15.9. The maximum Gasteiger partial charge on any atom is 0.355 e. The Morgan fingerprint density at radius 2 is 1.71 bits per heavy atom. The standard InChI is InChI=1S/C20H20BrNO6/c1-5-28-18(23)13-10-12(2)16(15(21)11-13)22-9-7-6-8-14(19(24)26-3)17(22)20(25)27-4/h6-11H,5H2,1-4H3. The molecule has 1 heterocycles. The first-order chi connectivity index (χ1) is 13.3. The number of hydrogen-bond acceptors (Lipinski definition) is 7. The molecule has 0 aromatic heterocycles. The van der Waals surface area contributed by atoms with Gasteiger partial charge in [0.05, 0.1) is 37.7 Å². The summed E-state index contributed by atoms with van der Waals surface area (Å²) in [4.78, 5) is 38.4. The van der Waals surface area contributed by atoms with Crippen molar-refractivity contribution in [2.75, 3.05) is 25.7 Å². The highest BCUT2D eigenvalue weighted by Crippen LogP contribution is 2.36. The van der Waals surface area contributed by atoms with Crippen molar-refractivity contribution in [3.05, 3.63) is 63.4 Å². The van der Waals surface area contributed by atoms with Crippen LogP contribution in [0.5, 0.6) is 0 Å². The lowest BCUT2D eigenvalue weighted by Crippen LogP contribution is -2.27. The lowest BCUT2D eigenvalue weighted by Gasteiger charge is -2.26. The molecule has 0 bridgehead atoms. The third-order valence-electron chi connectivity index (χ3n) is 3.90. The summed E-state index contributed by atoms with van der Waals surface area (Å²) in [6, 6.07) is 3.25. The molecule has 1 aliphatic rings. The van der Waals surface area contributed by atoms with Crippen molar-refractivity contribution in [3.8, 4) is 0 Å². The molecule has 0 saturated carbocycles. The van der Waals surface area contributed by atoms with E-state index in [1.165, 1.54) is 25.2 Å². The van der Waals surface area contributed by atoms with E-state index < -0.39 is 17.9 Å². The van der Waals surface area contributed by atoms with Crippen LogP contribution in [0.1, 0.15) is 22.8 Å². The Kier molecular flexibility index (Phi) is 7.17. The second-order valence-electron chi connectivity index (χ2n) is 5.66. The van der Waals surface area contributed by atoms with Crippen molar-refractivity contribution in [2.24, 2.45) is 0 Å². The minimum Gasteiger partial charge on any atom is -0.465 e. The molecule has 148 valence electrons. The van der Waals surface area contributed by atoms with Gasteiger partial charge < -0.3 is 19.1 Å². The molecule has 7 nitrogen and oxygen atoms in total. The smallest absolute Gasteiger partial charge is 0.355 e. The molecule has 0 fully saturated rings. The van der Waals surface area contributed by atoms with E-state index in [1.54, 1.807) is 44.3 Å². The van der Waals surface area contributed by atoms with E-state index in [2.05, 4.69) is 15.9 Å². The van der Waals surface area contributed by atoms with Crippen LogP contribution in [-0.2, 0) is 23.8 Å². The zero-order valence-corrected chi connectivity index (χ0v) is 17.5. The fraction of sp³-hybridized carbons (Fsp3) is 0.250. The van der Waals surface area contributed by atoms with Crippen molar-refractivity contribution in [1.29, 1.82) is 0 Å². The van der Waals surface area contributed by atoms with E-state index in [9.17, 15) is 14.4 Å². The summed E-state index contributed by atoms with van der Waals surface area (Å²) in [5.41, 5.74) is 1.64. The van der Waals surface area contributed by atoms with Crippen molar-refractivity contribution in [3.63, 3.8) is 0 Å². The fourth-order valence-electron chi connectivity index (χ4n) is 2.71. The SMILES string of the molecule is CCOC(=O)c1cc(C)c(N2C=CC=CC(C(=O)OC)=C2C(=O)OC)c(Br)c1. The molecule has 1 aliphatic heterocycles. The molecule has 0 radical (unpaired) electrons. The molecule has 1 aromatic rings. The molecule has 0 amide bonds. The van der Waals surface area contributed by atoms with Crippen LogP contribution in [0.15, 0.2) is 52.3 Å². The largest absolute Gasteiger partial charge is 0.465 e. The van der Waals surface area contributed by atoms with Crippen LogP contribution in [-0.4, -0.2) is 38.7 Å². The Labute approximate surface area is 171 Å². The van der Waals surface area contributed by atoms with Crippen molar-refractivity contribution < 1.29 is 28.6 Å². The molecule has 0 N–H and O–H groups in total. The van der Waals surface area contributed by atoms with Crippen LogP contribution in [0.3, 0.4) is 0 Å². The van der Waals surface area contributed by atoms with Gasteiger partial charge in [0.25, 0.3) is 0 Å². The van der Waals surface area contributed by atoms with Gasteiger partial charge in [0, 0.05) is 10.7 Å². The Hall–Kier alpha value is -2.87. The van der Waals surface area contributed by atoms with Gasteiger partial charge in [0.1, 0.15) is 5.70 Å². The average Bonchev–Trinajstić information content (AvgIpc) is 2.89. The van der Waals surface area contributed by atoms with Crippen LogP contribution in [0.4, 0.5) is 5.69 Å². The maximum absolute atomic E-state index is 12.5. The fourth-order valence-corrected chi connectivity index (χ4v) is 3.46. The van der Waals surface area contributed by atoms with Crippen LogP contribution in [0, 0.1) is 6.92 Å². The number of carbonyl (C=O) groups is 3. The summed E-state index contributed by atoms with van der Waals surface area (Å²) < 4.78 is 15.3. The topological polar surface area (TPSA) is 82.1 Å². The van der Waals surface area contributed by atoms with Gasteiger partial charge in [-0.1, -0.05) is 6.08 Å². The van der Waals surface area contributed by atoms with Gasteiger partial charge in [-0.05, 0) is 59.6 Å². The lowest BCUT2D eigenvalue weighted by atomic mass is 10.1. The number of ether oxygens (including phenoxy) is 3. The molecule has 0 unspecified atom stereocenters. The monoisotopic (exact) mass is 449 g/mol. The van der Waals surface area contributed by atoms with Gasteiger partial charge in [-0.3, -0.25) is 0 Å². The molecule has 28 heavy (non-hydrogen) atoms. The number of methoxy groups -OCH3 is 2. The molecule has 0 aliphatic carbocycles. The molecular formula is C20H20BrNO6. The number of rotatable bonds is 5. The van der Waals surface area contributed by atoms with Gasteiger partial charge in [-0.2, -0.15) is 0 Å². The van der Waals surface area contributed by atoms with Crippen LogP contribution < -0.4 is 4.90 Å². The van der Waals surface area contributed by atoms with E-state index in [0.717, 1.165) is 0 Å². The minimum absolute atomic E-state index is 0.00738. The third-order valence-corrected chi connectivity index (χ3v) is 4.50. The lowest BCUT2D eigenvalue weighted by molar-refractivity contribution is -0.139. The summed E-state index contributed by atoms with van der Waals surface area (Å²) in [6.45, 7) is 3.77. The number of halogens is 1. The van der Waals surface area contributed by atoms with Gasteiger partial charge in [-0.15, -0.1) is 0 Å². The average molecular weight is 450 g/mol. The van der Waals surface area contributed by atoms with Crippen molar-refractivity contribution in [2.45, 2.75) is 13.8 Å². The number of hydrogen-bond donors (Lipinski definition) is 0. The molecule has 0 saturated heterocycles. The molecule has 2 rings (SSSR count). The maximum atomic E-state index is 12.5. The van der Waals surface area contributed by atoms with E-state index in [0.29, 0.717) is 21.3 Å². The Morgan fingerprint density at radius 1 is 1.04 bits per heavy atom. The van der Waals surface area contributed by atoms with Gasteiger partial charge in [-0.25, -0.2) is 14.4 Å². The number of benzene rings is 1. The van der Waals surface area contributed by atoms with Gasteiger partial charge in [0.15, 0.2) is 0 Å². The van der Waals surface area contributed by atoms with Gasteiger partial charge in [0.2, 0.25) is 0 Å². The second kappa shape index (κ2) is 9.36. The predicted octanol–water partition coefficient (Wildman–Crippen LogP) is 3.42. The van der Waals surface area contributed by atoms with E-state index in [4.69, 9.17) is 14.2 Å². The van der Waals surface area contributed by atoms with E-state index in [1.807, 2.05) is 0 Å². The highest BCUT2D eigenvalue weighted by Gasteiger charge is 2.29. The summed E-state index contributed by atoms with van der Waals surface area (Å²) in [5.74, 6) is -1.84. The number of carbonyl (C=O) groups excluding carboxylic acids is 3. The Morgan fingerprint density at radius 3 is 2.29 bits per heavy atom. The summed E-state index contributed by atoms with van der Waals surface area (Å²) >= 11 is 3.46. The second-order valence-corrected chi connectivity index (χ2v) is 6.51. The first kappa shape index (κ1) is 21.4. The van der Waals surface area contributed by atoms with Crippen molar-refractivity contribution in [1.82, 2.24) is 0 Å². The van der Waals surface area contributed by atoms with Crippen LogP contribution in [0.25, 0.3) is 0 Å². The zero-order chi connectivity index (χ0) is 20.8. The molecular weight excluding hydrogens is 430 g/mol. The predicted molar refractivity (Wildman–Crippen MR) is 107 cm³/mol. The molecule has 8 heteroatoms. The molecule has 0 atom stereocenters. The summed E-state index contributed by atoms with van der Waals surface area (Å²) in [7, 11) is 2.46. The van der Waals surface area contributed by atoms with E-state index in [-0.39, 0.29) is 17.9 Å². The number of anilines is 1. The summed E-state index contributed by atoms with van der Waals surface area (Å²) in [5, 5.41) is 0. The van der Waals surface area contributed by atoms with Crippen molar-refractivity contribution >= 4 is 39.5 Å². The molecule has 0 spiro atoms.